The van der Waals surface area contributed by atoms with Gasteiger partial charge in [0, 0.05) is 5.25 Å². The predicted octanol–water partition coefficient (Wildman–Crippen LogP) is 0.630. The van der Waals surface area contributed by atoms with E-state index in [1.54, 1.807) is 11.8 Å². The number of nitrogens with one attached hydrogen (secondary N) is 1. The quantitative estimate of drug-likeness (QED) is 0.746. The molecule has 3 heterocycles. The first-order valence-corrected chi connectivity index (χ1v) is 9.33. The molecule has 24 heavy (non-hydrogen) atoms. The maximum Gasteiger partial charge on any atom is 0.323 e. The molecule has 2 amide bonds. The van der Waals surface area contributed by atoms with Crippen LogP contribution in [0.3, 0.4) is 0 Å². The molecule has 2 saturated carbocycles. The van der Waals surface area contributed by atoms with E-state index in [9.17, 15) is 19.2 Å². The van der Waals surface area contributed by atoms with Gasteiger partial charge in [-0.2, -0.15) is 0 Å². The Bertz CT molecular complexity index is 900. The number of likely N-dealkylation sites (tertiary alicyclic amines) is 1. The van der Waals surface area contributed by atoms with E-state index in [4.69, 9.17) is 5.11 Å². The van der Waals surface area contributed by atoms with Gasteiger partial charge in [0.25, 0.3) is 0 Å². The number of aromatic nitrogens is 1. The van der Waals surface area contributed by atoms with Crippen LogP contribution in [0.4, 0.5) is 0 Å². The van der Waals surface area contributed by atoms with Crippen molar-refractivity contribution in [3.8, 4) is 0 Å². The summed E-state index contributed by atoms with van der Waals surface area (Å²) in [6.07, 6.45) is 2.79. The number of thioether (sulfide) groups is 1. The number of fused-ring (bicyclic) bond motifs is 9. The van der Waals surface area contributed by atoms with E-state index in [-0.39, 0.29) is 33.8 Å². The number of carboxylic acids is 1. The fourth-order valence-corrected chi connectivity index (χ4v) is 7.21. The van der Waals surface area contributed by atoms with Crippen LogP contribution in [0.25, 0.3) is 6.08 Å². The maximum absolute atomic E-state index is 12.6. The number of imide groups is 1. The maximum atomic E-state index is 12.6. The van der Waals surface area contributed by atoms with E-state index in [1.165, 1.54) is 0 Å². The SMILES string of the molecule is O=C(O)CN1C(=O)[C@@H]2[C@@H]3C[C@@H](C4=Cc5sc(=O)[nH]c5S[C@H]43)[C@H]2C1=O. The summed E-state index contributed by atoms with van der Waals surface area (Å²) in [6.45, 7) is -0.554. The lowest BCUT2D eigenvalue weighted by atomic mass is 9.77. The number of nitrogens with zero attached hydrogens (tertiary/aromatic N) is 1. The van der Waals surface area contributed by atoms with Gasteiger partial charge < -0.3 is 10.1 Å². The van der Waals surface area contributed by atoms with Gasteiger partial charge in [0.05, 0.1) is 21.7 Å². The van der Waals surface area contributed by atoms with Gasteiger partial charge in [-0.3, -0.25) is 24.1 Å². The van der Waals surface area contributed by atoms with Crippen molar-refractivity contribution in [3.63, 3.8) is 0 Å². The molecule has 0 aromatic carbocycles. The molecule has 2 N–H and O–H groups in total. The molecule has 1 aromatic rings. The Morgan fingerprint density at radius 1 is 1.29 bits per heavy atom. The minimum absolute atomic E-state index is 0.0157. The fourth-order valence-electron chi connectivity index (χ4n) is 4.77. The highest BCUT2D eigenvalue weighted by Crippen LogP contribution is 2.64. The number of H-pyrrole nitrogens is 1. The zero-order valence-corrected chi connectivity index (χ0v) is 13.9. The average molecular weight is 364 g/mol. The number of carbonyl (C=O) groups is 3. The van der Waals surface area contributed by atoms with Crippen molar-refractivity contribution < 1.29 is 19.5 Å². The molecule has 1 aromatic heterocycles. The Morgan fingerprint density at radius 3 is 2.79 bits per heavy atom. The van der Waals surface area contributed by atoms with Crippen LogP contribution in [-0.2, 0) is 14.4 Å². The fraction of sp³-hybridized carbons (Fsp3) is 0.467. The van der Waals surface area contributed by atoms with Crippen LogP contribution in [0.2, 0.25) is 0 Å². The minimum atomic E-state index is -1.17. The Kier molecular flexibility index (Phi) is 2.78. The zero-order chi connectivity index (χ0) is 16.7. The Balaban J connectivity index is 1.55. The highest BCUT2D eigenvalue weighted by atomic mass is 32.2. The number of hydrogen-bond donors (Lipinski definition) is 2. The van der Waals surface area contributed by atoms with E-state index in [1.807, 2.05) is 6.08 Å². The van der Waals surface area contributed by atoms with Crippen LogP contribution < -0.4 is 4.87 Å². The molecule has 124 valence electrons. The number of amides is 2. The molecule has 7 nitrogen and oxygen atoms in total. The first-order valence-electron chi connectivity index (χ1n) is 7.64. The van der Waals surface area contributed by atoms with Gasteiger partial charge in [-0.15, -0.1) is 0 Å². The van der Waals surface area contributed by atoms with Gasteiger partial charge in [0.15, 0.2) is 0 Å². The van der Waals surface area contributed by atoms with Crippen LogP contribution >= 0.6 is 23.1 Å². The molecule has 1 saturated heterocycles. The van der Waals surface area contributed by atoms with Gasteiger partial charge in [0.2, 0.25) is 11.8 Å². The Morgan fingerprint density at radius 2 is 2.04 bits per heavy atom. The first-order chi connectivity index (χ1) is 11.5. The topological polar surface area (TPSA) is 108 Å². The lowest BCUT2D eigenvalue weighted by Gasteiger charge is -2.32. The molecule has 4 aliphatic rings. The molecule has 0 spiro atoms. The van der Waals surface area contributed by atoms with Crippen molar-refractivity contribution in [2.75, 3.05) is 6.54 Å². The second-order valence-electron chi connectivity index (χ2n) is 6.60. The summed E-state index contributed by atoms with van der Waals surface area (Å²) in [5.41, 5.74) is 1.13. The summed E-state index contributed by atoms with van der Waals surface area (Å²) in [6, 6.07) is 0. The molecule has 3 fully saturated rings. The molecule has 9 heteroatoms. The smallest absolute Gasteiger partial charge is 0.323 e. The summed E-state index contributed by atoms with van der Waals surface area (Å²) in [4.78, 5) is 52.2. The normalized spacial score (nSPS) is 35.8. The number of carboxylic acid groups (broad SMARTS) is 1. The van der Waals surface area contributed by atoms with Crippen molar-refractivity contribution in [2.24, 2.45) is 23.7 Å². The van der Waals surface area contributed by atoms with Crippen LogP contribution in [0.1, 0.15) is 11.3 Å². The zero-order valence-electron chi connectivity index (χ0n) is 12.2. The molecule has 5 atom stereocenters. The third-order valence-electron chi connectivity index (χ3n) is 5.53. The van der Waals surface area contributed by atoms with Crippen LogP contribution in [0.15, 0.2) is 15.4 Å². The van der Waals surface area contributed by atoms with Crippen molar-refractivity contribution in [2.45, 2.75) is 16.7 Å². The number of thiazole rings is 1. The number of hydrogen-bond acceptors (Lipinski definition) is 6. The molecule has 2 aliphatic carbocycles. The first kappa shape index (κ1) is 14.5. The molecular weight excluding hydrogens is 352 g/mol. The monoisotopic (exact) mass is 364 g/mol. The van der Waals surface area contributed by atoms with Gasteiger partial charge >= 0.3 is 10.8 Å². The van der Waals surface area contributed by atoms with Crippen LogP contribution in [0.5, 0.6) is 0 Å². The summed E-state index contributed by atoms with van der Waals surface area (Å²) >= 11 is 2.72. The highest BCUT2D eigenvalue weighted by Gasteiger charge is 2.66. The number of carbonyl (C=O) groups excluding carboxylic acids is 2. The largest absolute Gasteiger partial charge is 0.480 e. The van der Waals surface area contributed by atoms with Gasteiger partial charge in [-0.05, 0) is 24.3 Å². The van der Waals surface area contributed by atoms with E-state index < -0.39 is 24.3 Å². The summed E-state index contributed by atoms with van der Waals surface area (Å²) in [5, 5.41) is 9.88. The van der Waals surface area contributed by atoms with Crippen molar-refractivity contribution in [3.05, 3.63) is 20.1 Å². The third-order valence-corrected chi connectivity index (χ3v) is 7.93. The molecule has 0 radical (unpaired) electrons. The van der Waals surface area contributed by atoms with Gasteiger partial charge in [-0.25, -0.2) is 0 Å². The number of aliphatic carboxylic acids is 1. The Labute approximate surface area is 143 Å². The lowest BCUT2D eigenvalue weighted by Crippen LogP contribution is -2.37. The summed E-state index contributed by atoms with van der Waals surface area (Å²) < 4.78 is 0. The standard InChI is InChI=1S/C15H12N2O5S2/c18-8(19)3-17-13(20)9-4-1-6(10(9)14(17)21)11-5(4)2-7-12(24-11)16-15(22)23-7/h2,4,6,9-11H,1,3H2,(H,16,22)(H,18,19)/t4-,6-,9+,10+,11+/m0/s1. The van der Waals surface area contributed by atoms with Crippen molar-refractivity contribution in [1.29, 1.82) is 0 Å². The highest BCUT2D eigenvalue weighted by molar-refractivity contribution is 8.00. The van der Waals surface area contributed by atoms with Crippen molar-refractivity contribution in [1.82, 2.24) is 9.88 Å². The molecular formula is C15H12N2O5S2. The Hall–Kier alpha value is -1.87. The molecule has 0 unspecified atom stereocenters. The van der Waals surface area contributed by atoms with E-state index >= 15 is 0 Å². The molecule has 5 rings (SSSR count). The number of aromatic amines is 1. The summed E-state index contributed by atoms with van der Waals surface area (Å²) in [7, 11) is 0. The summed E-state index contributed by atoms with van der Waals surface area (Å²) in [5.74, 6) is -2.69. The predicted molar refractivity (Wildman–Crippen MR) is 85.5 cm³/mol. The van der Waals surface area contributed by atoms with Crippen LogP contribution in [0, 0.1) is 23.7 Å². The van der Waals surface area contributed by atoms with E-state index in [0.29, 0.717) is 0 Å². The lowest BCUT2D eigenvalue weighted by molar-refractivity contribution is -0.149. The second kappa shape index (κ2) is 4.60. The van der Waals surface area contributed by atoms with Gasteiger partial charge in [0.1, 0.15) is 6.54 Å². The van der Waals surface area contributed by atoms with E-state index in [2.05, 4.69) is 4.98 Å². The average Bonchev–Trinajstić information content (AvgIpc) is 3.21. The molecule has 2 bridgehead atoms. The van der Waals surface area contributed by atoms with Crippen molar-refractivity contribution >= 4 is 47.0 Å². The minimum Gasteiger partial charge on any atom is -0.480 e. The second-order valence-corrected chi connectivity index (χ2v) is 8.77. The van der Waals surface area contributed by atoms with E-state index in [0.717, 1.165) is 38.1 Å². The van der Waals surface area contributed by atoms with Gasteiger partial charge in [-0.1, -0.05) is 28.7 Å². The van der Waals surface area contributed by atoms with Crippen LogP contribution in [-0.4, -0.2) is 44.6 Å². The third kappa shape index (κ3) is 1.68. The molecule has 2 aliphatic heterocycles. The number of rotatable bonds is 2.